The van der Waals surface area contributed by atoms with Gasteiger partial charge in [-0.25, -0.2) is 0 Å². The lowest BCUT2D eigenvalue weighted by molar-refractivity contribution is 0.355. The van der Waals surface area contributed by atoms with E-state index in [2.05, 4.69) is 31.1 Å². The highest BCUT2D eigenvalue weighted by Crippen LogP contribution is 2.29. The Morgan fingerprint density at radius 1 is 1.14 bits per heavy atom. The van der Waals surface area contributed by atoms with Crippen molar-refractivity contribution in [3.05, 3.63) is 18.2 Å². The van der Waals surface area contributed by atoms with Gasteiger partial charge >= 0.3 is 0 Å². The zero-order valence-corrected chi connectivity index (χ0v) is 14.4. The Labute approximate surface area is 133 Å². The van der Waals surface area contributed by atoms with Crippen LogP contribution in [0, 0.1) is 5.41 Å². The average Bonchev–Trinajstić information content (AvgIpc) is 2.45. The van der Waals surface area contributed by atoms with Crippen LogP contribution >= 0.6 is 0 Å². The number of nitrogens with one attached hydrogen (secondary N) is 1. The van der Waals surface area contributed by atoms with Crippen LogP contribution < -0.4 is 20.5 Å². The van der Waals surface area contributed by atoms with Gasteiger partial charge in [-0.2, -0.15) is 0 Å². The maximum absolute atomic E-state index is 5.90. The summed E-state index contributed by atoms with van der Waals surface area (Å²) in [5.74, 6) is 1.76. The highest BCUT2D eigenvalue weighted by atomic mass is 16.5. The Bertz CT molecular complexity index is 493. The van der Waals surface area contributed by atoms with Gasteiger partial charge in [-0.15, -0.1) is 0 Å². The number of anilines is 1. The van der Waals surface area contributed by atoms with Crippen molar-refractivity contribution >= 4 is 11.6 Å². The molecule has 0 unspecified atom stereocenters. The number of aliphatic imine (C=N–C) groups is 1. The van der Waals surface area contributed by atoms with Crippen molar-refractivity contribution in [2.45, 2.75) is 40.0 Å². The van der Waals surface area contributed by atoms with E-state index in [4.69, 9.17) is 15.2 Å². The number of hydrogen-bond donors (Lipinski definition) is 2. The molecule has 0 bridgehead atoms. The highest BCUT2D eigenvalue weighted by molar-refractivity contribution is 5.92. The minimum atomic E-state index is 0.382. The van der Waals surface area contributed by atoms with Crippen LogP contribution in [0.1, 0.15) is 40.0 Å². The van der Waals surface area contributed by atoms with E-state index in [1.54, 1.807) is 14.2 Å². The van der Waals surface area contributed by atoms with Crippen LogP contribution in [0.25, 0.3) is 0 Å². The highest BCUT2D eigenvalue weighted by Gasteiger charge is 2.08. The minimum Gasteiger partial charge on any atom is -0.493 e. The zero-order valence-electron chi connectivity index (χ0n) is 14.4. The number of benzene rings is 1. The summed E-state index contributed by atoms with van der Waals surface area (Å²) in [7, 11) is 3.21. The topological polar surface area (TPSA) is 68.9 Å². The van der Waals surface area contributed by atoms with Crippen LogP contribution in [-0.4, -0.2) is 26.7 Å². The summed E-state index contributed by atoms with van der Waals surface area (Å²) in [5.41, 5.74) is 7.11. The molecule has 0 aliphatic heterocycles. The maximum atomic E-state index is 5.90. The summed E-state index contributed by atoms with van der Waals surface area (Å²) in [6, 6.07) is 5.54. The van der Waals surface area contributed by atoms with E-state index < -0.39 is 0 Å². The number of hydrogen-bond acceptors (Lipinski definition) is 3. The van der Waals surface area contributed by atoms with Gasteiger partial charge in [-0.3, -0.25) is 4.99 Å². The second kappa shape index (κ2) is 8.51. The van der Waals surface area contributed by atoms with Crippen molar-refractivity contribution in [2.75, 3.05) is 26.1 Å². The fourth-order valence-corrected chi connectivity index (χ4v) is 2.07. The first-order valence-corrected chi connectivity index (χ1v) is 7.64. The predicted molar refractivity (Wildman–Crippen MR) is 93.0 cm³/mol. The van der Waals surface area contributed by atoms with Crippen molar-refractivity contribution in [3.8, 4) is 11.5 Å². The molecule has 1 aromatic rings. The molecular formula is C17H29N3O2. The number of unbranched alkanes of at least 4 members (excludes halogenated alkanes) is 1. The smallest absolute Gasteiger partial charge is 0.193 e. The molecular weight excluding hydrogens is 278 g/mol. The molecule has 0 saturated heterocycles. The average molecular weight is 307 g/mol. The molecule has 1 aromatic carbocycles. The number of methoxy groups -OCH3 is 2. The van der Waals surface area contributed by atoms with E-state index in [9.17, 15) is 0 Å². The molecule has 22 heavy (non-hydrogen) atoms. The minimum absolute atomic E-state index is 0.382. The van der Waals surface area contributed by atoms with Crippen molar-refractivity contribution in [1.82, 2.24) is 0 Å². The number of nitrogens with two attached hydrogens (primary N) is 1. The van der Waals surface area contributed by atoms with E-state index in [0.29, 0.717) is 22.9 Å². The third kappa shape index (κ3) is 6.70. The van der Waals surface area contributed by atoms with E-state index in [1.807, 2.05) is 18.2 Å². The van der Waals surface area contributed by atoms with Gasteiger partial charge in [-0.05, 0) is 30.4 Å². The van der Waals surface area contributed by atoms with E-state index in [-0.39, 0.29) is 0 Å². The summed E-state index contributed by atoms with van der Waals surface area (Å²) in [4.78, 5) is 4.35. The Morgan fingerprint density at radius 2 is 1.82 bits per heavy atom. The number of guanidine groups is 1. The standard InChI is InChI=1S/C17H29N3O2/c1-17(2,3)10-6-7-11-19-16(18)20-13-8-9-14(21-4)15(12-13)22-5/h8-9,12H,6-7,10-11H2,1-5H3,(H3,18,19,20). The molecule has 124 valence electrons. The predicted octanol–water partition coefficient (Wildman–Crippen LogP) is 3.65. The molecule has 0 spiro atoms. The molecule has 0 aromatic heterocycles. The molecule has 5 heteroatoms. The van der Waals surface area contributed by atoms with Gasteiger partial charge in [0.2, 0.25) is 0 Å². The fraction of sp³-hybridized carbons (Fsp3) is 0.588. The Balaban J connectivity index is 2.47. The number of ether oxygens (including phenoxy) is 2. The summed E-state index contributed by atoms with van der Waals surface area (Å²) in [6.45, 7) is 7.50. The number of nitrogens with zero attached hydrogens (tertiary/aromatic N) is 1. The van der Waals surface area contributed by atoms with E-state index in [0.717, 1.165) is 25.1 Å². The van der Waals surface area contributed by atoms with Crippen LogP contribution in [-0.2, 0) is 0 Å². The molecule has 0 radical (unpaired) electrons. The van der Waals surface area contributed by atoms with Crippen molar-refractivity contribution in [3.63, 3.8) is 0 Å². The molecule has 0 saturated carbocycles. The zero-order chi connectivity index (χ0) is 16.6. The largest absolute Gasteiger partial charge is 0.493 e. The number of rotatable bonds is 7. The molecule has 3 N–H and O–H groups in total. The monoisotopic (exact) mass is 307 g/mol. The third-order valence-electron chi connectivity index (χ3n) is 3.27. The molecule has 0 aliphatic carbocycles. The SMILES string of the molecule is COc1ccc(NC(N)=NCCCCC(C)(C)C)cc1OC. The van der Waals surface area contributed by atoms with Gasteiger partial charge in [0.05, 0.1) is 14.2 Å². The van der Waals surface area contributed by atoms with Crippen LogP contribution in [0.15, 0.2) is 23.2 Å². The van der Waals surface area contributed by atoms with Crippen molar-refractivity contribution in [1.29, 1.82) is 0 Å². The van der Waals surface area contributed by atoms with Crippen LogP contribution in [0.4, 0.5) is 5.69 Å². The molecule has 5 nitrogen and oxygen atoms in total. The summed E-state index contributed by atoms with van der Waals surface area (Å²) >= 11 is 0. The Kier molecular flexibility index (Phi) is 7.02. The normalized spacial score (nSPS) is 12.1. The van der Waals surface area contributed by atoms with Gasteiger partial charge in [-0.1, -0.05) is 27.2 Å². The van der Waals surface area contributed by atoms with Gasteiger partial charge < -0.3 is 20.5 Å². The van der Waals surface area contributed by atoms with Crippen LogP contribution in [0.3, 0.4) is 0 Å². The van der Waals surface area contributed by atoms with E-state index >= 15 is 0 Å². The first-order chi connectivity index (χ1) is 10.4. The van der Waals surface area contributed by atoms with Gasteiger partial charge in [0.15, 0.2) is 17.5 Å². The Morgan fingerprint density at radius 3 is 2.41 bits per heavy atom. The van der Waals surface area contributed by atoms with Crippen molar-refractivity contribution in [2.24, 2.45) is 16.1 Å². The first kappa shape index (κ1) is 18.1. The van der Waals surface area contributed by atoms with Gasteiger partial charge in [0.1, 0.15) is 0 Å². The molecule has 0 amide bonds. The molecule has 0 fully saturated rings. The van der Waals surface area contributed by atoms with Gasteiger partial charge in [0, 0.05) is 18.3 Å². The lowest BCUT2D eigenvalue weighted by Crippen LogP contribution is -2.22. The van der Waals surface area contributed by atoms with Gasteiger partial charge in [0.25, 0.3) is 0 Å². The van der Waals surface area contributed by atoms with Crippen LogP contribution in [0.5, 0.6) is 11.5 Å². The van der Waals surface area contributed by atoms with Crippen LogP contribution in [0.2, 0.25) is 0 Å². The lowest BCUT2D eigenvalue weighted by Gasteiger charge is -2.17. The fourth-order valence-electron chi connectivity index (χ4n) is 2.07. The summed E-state index contributed by atoms with van der Waals surface area (Å²) < 4.78 is 10.5. The molecule has 0 atom stereocenters. The maximum Gasteiger partial charge on any atom is 0.193 e. The summed E-state index contributed by atoms with van der Waals surface area (Å²) in [6.07, 6.45) is 3.41. The third-order valence-corrected chi connectivity index (χ3v) is 3.27. The Hall–Kier alpha value is -1.91. The van der Waals surface area contributed by atoms with E-state index in [1.165, 1.54) is 6.42 Å². The lowest BCUT2D eigenvalue weighted by atomic mass is 9.90. The molecule has 0 aliphatic rings. The second-order valence-corrected chi connectivity index (χ2v) is 6.48. The quantitative estimate of drug-likeness (QED) is 0.458. The summed E-state index contributed by atoms with van der Waals surface area (Å²) in [5, 5.41) is 3.07. The first-order valence-electron chi connectivity index (χ1n) is 7.64. The molecule has 0 heterocycles. The molecule has 1 rings (SSSR count). The van der Waals surface area contributed by atoms with Crippen molar-refractivity contribution < 1.29 is 9.47 Å². The second-order valence-electron chi connectivity index (χ2n) is 6.48.